The molecular weight excluding hydrogens is 332 g/mol. The van der Waals surface area contributed by atoms with E-state index in [0.717, 1.165) is 34.9 Å². The number of allylic oxidation sites excluding steroid dienone is 2. The molecule has 4 heteroatoms. The lowest BCUT2D eigenvalue weighted by molar-refractivity contribution is -0.151. The summed E-state index contributed by atoms with van der Waals surface area (Å²) in [6.07, 6.45) is 5.32. The molecule has 1 aliphatic heterocycles. The minimum Gasteiger partial charge on any atom is -0.465 e. The molecule has 1 aliphatic rings. The van der Waals surface area contributed by atoms with E-state index in [0.29, 0.717) is 13.0 Å². The molecule has 1 heterocycles. The number of carbonyl (C=O) groups is 2. The highest BCUT2D eigenvalue weighted by atomic mass is 79.9. The van der Waals surface area contributed by atoms with Crippen LogP contribution < -0.4 is 0 Å². The molecule has 21 heavy (non-hydrogen) atoms. The number of halogens is 1. The summed E-state index contributed by atoms with van der Waals surface area (Å²) in [5, 5.41) is 0. The van der Waals surface area contributed by atoms with Gasteiger partial charge in [-0.1, -0.05) is 34.1 Å². The maximum atomic E-state index is 12.0. The third-order valence-electron chi connectivity index (χ3n) is 3.65. The van der Waals surface area contributed by atoms with Crippen LogP contribution in [0.1, 0.15) is 38.2 Å². The number of hydrogen-bond donors (Lipinski definition) is 0. The molecule has 0 aliphatic carbocycles. The van der Waals surface area contributed by atoms with Crippen LogP contribution in [0.5, 0.6) is 0 Å². The number of ether oxygens (including phenoxy) is 1. The Bertz CT molecular complexity index is 546. The van der Waals surface area contributed by atoms with Crippen LogP contribution in [0.2, 0.25) is 0 Å². The number of Topliss-reactive ketones (excluding diaryl/α,β-unsaturated/α-hetero) is 1. The first-order chi connectivity index (χ1) is 10.1. The summed E-state index contributed by atoms with van der Waals surface area (Å²) in [6.45, 7) is 1.86. The van der Waals surface area contributed by atoms with Crippen molar-refractivity contribution in [3.8, 4) is 0 Å². The van der Waals surface area contributed by atoms with Gasteiger partial charge in [-0.15, -0.1) is 0 Å². The van der Waals surface area contributed by atoms with Crippen LogP contribution in [-0.4, -0.2) is 18.4 Å². The first-order valence-corrected chi connectivity index (χ1v) is 7.99. The van der Waals surface area contributed by atoms with E-state index in [2.05, 4.69) is 22.0 Å². The van der Waals surface area contributed by atoms with Crippen molar-refractivity contribution in [2.24, 2.45) is 5.92 Å². The van der Waals surface area contributed by atoms with Crippen LogP contribution in [0.25, 0.3) is 5.57 Å². The molecule has 2 rings (SSSR count). The van der Waals surface area contributed by atoms with E-state index >= 15 is 0 Å². The van der Waals surface area contributed by atoms with Gasteiger partial charge in [0, 0.05) is 4.47 Å². The second-order valence-corrected chi connectivity index (χ2v) is 6.18. The van der Waals surface area contributed by atoms with Crippen LogP contribution in [0.3, 0.4) is 0 Å². The molecule has 0 saturated heterocycles. The lowest BCUT2D eigenvalue weighted by Crippen LogP contribution is -2.25. The normalized spacial score (nSPS) is 22.9. The first kappa shape index (κ1) is 16.0. The third kappa shape index (κ3) is 4.53. The zero-order valence-corrected chi connectivity index (χ0v) is 13.7. The van der Waals surface area contributed by atoms with E-state index in [-0.39, 0.29) is 5.78 Å². The Labute approximate surface area is 133 Å². The van der Waals surface area contributed by atoms with Gasteiger partial charge in [0.2, 0.25) is 0 Å². The second kappa shape index (κ2) is 7.55. The monoisotopic (exact) mass is 350 g/mol. The number of hydrogen-bond acceptors (Lipinski definition) is 3. The van der Waals surface area contributed by atoms with E-state index in [1.54, 1.807) is 0 Å². The minimum atomic E-state index is -0.696. The van der Waals surface area contributed by atoms with Gasteiger partial charge in [0.1, 0.15) is 11.7 Å². The van der Waals surface area contributed by atoms with E-state index in [9.17, 15) is 9.59 Å². The van der Waals surface area contributed by atoms with Gasteiger partial charge in [-0.3, -0.25) is 9.59 Å². The van der Waals surface area contributed by atoms with Crippen molar-refractivity contribution in [1.82, 2.24) is 0 Å². The largest absolute Gasteiger partial charge is 0.465 e. The lowest BCUT2D eigenvalue weighted by atomic mass is 9.90. The van der Waals surface area contributed by atoms with Crippen LogP contribution in [0, 0.1) is 5.92 Å². The molecule has 0 N–H and O–H groups in total. The highest BCUT2D eigenvalue weighted by molar-refractivity contribution is 9.10. The van der Waals surface area contributed by atoms with Gasteiger partial charge in [0.25, 0.3) is 0 Å². The Morgan fingerprint density at radius 1 is 1.24 bits per heavy atom. The molecule has 0 fully saturated rings. The van der Waals surface area contributed by atoms with Gasteiger partial charge in [-0.25, -0.2) is 0 Å². The Morgan fingerprint density at radius 2 is 1.95 bits per heavy atom. The highest BCUT2D eigenvalue weighted by Crippen LogP contribution is 2.27. The Kier molecular flexibility index (Phi) is 5.74. The standard InChI is InChI=1S/C17H19BrO3/c1-12(19)16-11-14(13-6-8-15(18)9-7-13)5-3-2-4-10-21-17(16)20/h5-9,16H,2-4,10-11H2,1H3/b14-5+. The summed E-state index contributed by atoms with van der Waals surface area (Å²) < 4.78 is 6.21. The van der Waals surface area contributed by atoms with Gasteiger partial charge in [0.05, 0.1) is 6.61 Å². The second-order valence-electron chi connectivity index (χ2n) is 5.27. The van der Waals surface area contributed by atoms with E-state index in [4.69, 9.17) is 4.74 Å². The summed E-state index contributed by atoms with van der Waals surface area (Å²) in [5.74, 6) is -1.23. The number of esters is 1. The van der Waals surface area contributed by atoms with Crippen LogP contribution in [-0.2, 0) is 14.3 Å². The topological polar surface area (TPSA) is 43.4 Å². The van der Waals surface area contributed by atoms with Crippen molar-refractivity contribution < 1.29 is 14.3 Å². The van der Waals surface area contributed by atoms with Gasteiger partial charge in [-0.2, -0.15) is 0 Å². The maximum Gasteiger partial charge on any atom is 0.316 e. The van der Waals surface area contributed by atoms with Crippen molar-refractivity contribution >= 4 is 33.3 Å². The molecule has 0 aromatic heterocycles. The van der Waals surface area contributed by atoms with Crippen molar-refractivity contribution in [1.29, 1.82) is 0 Å². The predicted octanol–water partition coefficient (Wildman–Crippen LogP) is 4.15. The van der Waals surface area contributed by atoms with Crippen LogP contribution in [0.15, 0.2) is 34.8 Å². The number of rotatable bonds is 2. The third-order valence-corrected chi connectivity index (χ3v) is 4.18. The summed E-state index contributed by atoms with van der Waals surface area (Å²) in [6, 6.07) is 7.95. The van der Waals surface area contributed by atoms with Crippen molar-refractivity contribution in [3.05, 3.63) is 40.4 Å². The summed E-state index contributed by atoms with van der Waals surface area (Å²) >= 11 is 3.42. The maximum absolute atomic E-state index is 12.0. The average Bonchev–Trinajstić information content (AvgIpc) is 2.46. The fraction of sp³-hybridized carbons (Fsp3) is 0.412. The summed E-state index contributed by atoms with van der Waals surface area (Å²) in [4.78, 5) is 23.8. The molecule has 1 atom stereocenters. The molecule has 0 radical (unpaired) electrons. The van der Waals surface area contributed by atoms with Crippen molar-refractivity contribution in [2.45, 2.75) is 32.6 Å². The highest BCUT2D eigenvalue weighted by Gasteiger charge is 2.26. The van der Waals surface area contributed by atoms with Crippen molar-refractivity contribution in [3.63, 3.8) is 0 Å². The molecule has 3 nitrogen and oxygen atoms in total. The smallest absolute Gasteiger partial charge is 0.316 e. The molecule has 112 valence electrons. The van der Waals surface area contributed by atoms with Crippen molar-refractivity contribution in [2.75, 3.05) is 6.61 Å². The molecule has 0 amide bonds. The van der Waals surface area contributed by atoms with Crippen LogP contribution in [0.4, 0.5) is 0 Å². The van der Waals surface area contributed by atoms with Crippen LogP contribution >= 0.6 is 15.9 Å². The Morgan fingerprint density at radius 3 is 2.62 bits per heavy atom. The summed E-state index contributed by atoms with van der Waals surface area (Å²) in [5.41, 5.74) is 2.10. The zero-order valence-electron chi connectivity index (χ0n) is 12.1. The predicted molar refractivity (Wildman–Crippen MR) is 85.7 cm³/mol. The fourth-order valence-electron chi connectivity index (χ4n) is 2.39. The van der Waals surface area contributed by atoms with E-state index < -0.39 is 11.9 Å². The Hall–Kier alpha value is -1.42. The quantitative estimate of drug-likeness (QED) is 0.594. The molecule has 1 aromatic carbocycles. The van der Waals surface area contributed by atoms with Gasteiger partial charge >= 0.3 is 5.97 Å². The SMILES string of the molecule is CC(=O)C1C/C(c2ccc(Br)cc2)=C\CCCCOC1=O. The Balaban J connectivity index is 2.30. The minimum absolute atomic E-state index is 0.136. The summed E-state index contributed by atoms with van der Waals surface area (Å²) in [7, 11) is 0. The lowest BCUT2D eigenvalue weighted by Gasteiger charge is -2.17. The number of benzene rings is 1. The molecular formula is C17H19BrO3. The van der Waals surface area contributed by atoms with Gasteiger partial charge in [-0.05, 0) is 55.9 Å². The molecule has 1 unspecified atom stereocenters. The number of ketones is 1. The van der Waals surface area contributed by atoms with E-state index in [1.165, 1.54) is 6.92 Å². The first-order valence-electron chi connectivity index (χ1n) is 7.20. The molecule has 1 aromatic rings. The fourth-order valence-corrected chi connectivity index (χ4v) is 2.66. The number of cyclic esters (lactones) is 1. The average molecular weight is 351 g/mol. The zero-order chi connectivity index (χ0) is 15.2. The molecule has 0 spiro atoms. The molecule has 0 bridgehead atoms. The molecule has 0 saturated carbocycles. The van der Waals surface area contributed by atoms with E-state index in [1.807, 2.05) is 24.3 Å². The number of carbonyl (C=O) groups excluding carboxylic acids is 2. The van der Waals surface area contributed by atoms with Gasteiger partial charge in [0.15, 0.2) is 0 Å². The van der Waals surface area contributed by atoms with Gasteiger partial charge < -0.3 is 4.74 Å².